The van der Waals surface area contributed by atoms with E-state index in [1.165, 1.54) is 24.1 Å². The van der Waals surface area contributed by atoms with E-state index in [4.69, 9.17) is 0 Å². The molecule has 0 fully saturated rings. The first-order valence-corrected chi connectivity index (χ1v) is 12.1. The molecule has 8 heteroatoms. The van der Waals surface area contributed by atoms with Crippen LogP contribution in [-0.4, -0.2) is 53.1 Å². The Labute approximate surface area is 214 Å². The Morgan fingerprint density at radius 1 is 0.865 bits per heavy atom. The van der Waals surface area contributed by atoms with Gasteiger partial charge in [-0.2, -0.15) is 0 Å². The fourth-order valence-corrected chi connectivity index (χ4v) is 4.48. The second kappa shape index (κ2) is 11.6. The first kappa shape index (κ1) is 25.8. The van der Waals surface area contributed by atoms with Crippen LogP contribution < -0.4 is 5.32 Å². The summed E-state index contributed by atoms with van der Waals surface area (Å²) in [6.07, 6.45) is 0.568. The maximum absolute atomic E-state index is 13.5. The molecule has 0 saturated heterocycles. The first-order chi connectivity index (χ1) is 17.9. The summed E-state index contributed by atoms with van der Waals surface area (Å²) in [4.78, 5) is 54.4. The molecular formula is C29H28FN3O4. The smallest absolute Gasteiger partial charge is 0.261 e. The van der Waals surface area contributed by atoms with Crippen LogP contribution in [0.2, 0.25) is 0 Å². The zero-order valence-corrected chi connectivity index (χ0v) is 20.5. The van der Waals surface area contributed by atoms with Gasteiger partial charge in [-0.15, -0.1) is 0 Å². The molecule has 4 amide bonds. The number of imide groups is 1. The molecule has 1 atom stereocenters. The largest absolute Gasteiger partial charge is 0.357 e. The highest BCUT2D eigenvalue weighted by Crippen LogP contribution is 2.23. The van der Waals surface area contributed by atoms with E-state index in [0.29, 0.717) is 23.1 Å². The van der Waals surface area contributed by atoms with E-state index in [9.17, 15) is 23.6 Å². The van der Waals surface area contributed by atoms with Gasteiger partial charge in [0.25, 0.3) is 11.8 Å². The lowest BCUT2D eigenvalue weighted by molar-refractivity contribution is -0.141. The molecule has 7 nitrogen and oxygen atoms in total. The summed E-state index contributed by atoms with van der Waals surface area (Å²) in [6, 6.07) is 21.0. The molecule has 1 N–H and O–H groups in total. The van der Waals surface area contributed by atoms with Gasteiger partial charge in [-0.3, -0.25) is 24.1 Å². The summed E-state index contributed by atoms with van der Waals surface area (Å²) < 4.78 is 13.5. The lowest BCUT2D eigenvalue weighted by Crippen LogP contribution is -2.49. The lowest BCUT2D eigenvalue weighted by atomic mass is 10.0. The highest BCUT2D eigenvalue weighted by atomic mass is 19.1. The quantitative estimate of drug-likeness (QED) is 0.430. The van der Waals surface area contributed by atoms with Crippen molar-refractivity contribution in [3.63, 3.8) is 0 Å². The predicted octanol–water partition coefficient (Wildman–Crippen LogP) is 3.59. The van der Waals surface area contributed by atoms with Gasteiger partial charge in [0.05, 0.1) is 11.1 Å². The van der Waals surface area contributed by atoms with Crippen LogP contribution in [-0.2, 0) is 22.6 Å². The molecule has 1 aliphatic heterocycles. The molecule has 190 valence electrons. The fraction of sp³-hybridized carbons (Fsp3) is 0.241. The molecule has 37 heavy (non-hydrogen) atoms. The van der Waals surface area contributed by atoms with Gasteiger partial charge >= 0.3 is 0 Å². The van der Waals surface area contributed by atoms with Gasteiger partial charge in [-0.25, -0.2) is 4.39 Å². The predicted molar refractivity (Wildman–Crippen MR) is 136 cm³/mol. The van der Waals surface area contributed by atoms with E-state index in [-0.39, 0.29) is 49.6 Å². The number of rotatable bonds is 10. The van der Waals surface area contributed by atoms with E-state index in [1.54, 1.807) is 36.4 Å². The van der Waals surface area contributed by atoms with Gasteiger partial charge in [0, 0.05) is 33.0 Å². The minimum atomic E-state index is -0.802. The number of likely N-dealkylation sites (N-methyl/N-ethyl adjacent to an activating group) is 1. The molecule has 0 unspecified atom stereocenters. The number of halogens is 1. The molecule has 0 aromatic heterocycles. The Balaban J connectivity index is 1.51. The molecule has 0 saturated carbocycles. The summed E-state index contributed by atoms with van der Waals surface area (Å²) in [5.41, 5.74) is 2.29. The summed E-state index contributed by atoms with van der Waals surface area (Å²) >= 11 is 0. The summed E-state index contributed by atoms with van der Waals surface area (Å²) in [5, 5.41) is 2.65. The number of hydrogen-bond acceptors (Lipinski definition) is 4. The number of carbonyl (C=O) groups is 4. The fourth-order valence-electron chi connectivity index (χ4n) is 4.48. The number of nitrogens with one attached hydrogen (secondary N) is 1. The second-order valence-electron chi connectivity index (χ2n) is 8.88. The van der Waals surface area contributed by atoms with Gasteiger partial charge in [0.1, 0.15) is 11.9 Å². The first-order valence-electron chi connectivity index (χ1n) is 12.1. The Morgan fingerprint density at radius 2 is 1.46 bits per heavy atom. The molecule has 0 radical (unpaired) electrons. The molecule has 0 bridgehead atoms. The van der Waals surface area contributed by atoms with Crippen LogP contribution in [0.1, 0.15) is 44.7 Å². The van der Waals surface area contributed by atoms with E-state index < -0.39 is 11.9 Å². The lowest BCUT2D eigenvalue weighted by Gasteiger charge is -2.31. The number of carbonyl (C=O) groups excluding carboxylic acids is 4. The van der Waals surface area contributed by atoms with E-state index in [0.717, 1.165) is 10.5 Å². The summed E-state index contributed by atoms with van der Waals surface area (Å²) in [5.74, 6) is -1.76. The van der Waals surface area contributed by atoms with Crippen molar-refractivity contribution in [3.05, 3.63) is 107 Å². The van der Waals surface area contributed by atoms with Crippen LogP contribution in [0.25, 0.3) is 0 Å². The third-order valence-corrected chi connectivity index (χ3v) is 6.43. The van der Waals surface area contributed by atoms with Crippen LogP contribution in [0.15, 0.2) is 78.9 Å². The van der Waals surface area contributed by atoms with Gasteiger partial charge in [0.2, 0.25) is 11.8 Å². The van der Waals surface area contributed by atoms with Crippen molar-refractivity contribution < 1.29 is 23.6 Å². The maximum atomic E-state index is 13.5. The Kier molecular flexibility index (Phi) is 8.08. The van der Waals surface area contributed by atoms with Crippen LogP contribution in [0.3, 0.4) is 0 Å². The van der Waals surface area contributed by atoms with E-state index in [1.807, 2.05) is 30.3 Å². The standard InChI is InChI=1S/C29H28FN3O4/c1-31-27(35)25(18-20-8-3-2-4-9-20)33(19-21-13-15-22(30)16-14-21)26(34)12-7-17-32-28(36)23-10-5-6-11-24(23)29(32)37/h2-6,8-11,13-16,25H,7,12,17-19H2,1H3,(H,31,35)/t25-/m1/s1. The van der Waals surface area contributed by atoms with Crippen molar-refractivity contribution in [1.29, 1.82) is 0 Å². The SMILES string of the molecule is CNC(=O)[C@@H](Cc1ccccc1)N(Cc1ccc(F)cc1)C(=O)CCCN1C(=O)c2ccccc2C1=O. The zero-order valence-electron chi connectivity index (χ0n) is 20.5. The van der Waals surface area contributed by atoms with Crippen molar-refractivity contribution in [2.75, 3.05) is 13.6 Å². The highest BCUT2D eigenvalue weighted by molar-refractivity contribution is 6.21. The van der Waals surface area contributed by atoms with Crippen molar-refractivity contribution in [2.24, 2.45) is 0 Å². The van der Waals surface area contributed by atoms with Crippen molar-refractivity contribution in [1.82, 2.24) is 15.1 Å². The summed E-state index contributed by atoms with van der Waals surface area (Å²) in [7, 11) is 1.52. The number of amides is 4. The molecule has 1 heterocycles. The number of benzene rings is 3. The zero-order chi connectivity index (χ0) is 26.4. The Morgan fingerprint density at radius 3 is 2.05 bits per heavy atom. The molecule has 4 rings (SSSR count). The molecule has 0 aliphatic carbocycles. The minimum Gasteiger partial charge on any atom is -0.357 e. The third kappa shape index (κ3) is 5.91. The minimum absolute atomic E-state index is 0.0247. The monoisotopic (exact) mass is 501 g/mol. The molecular weight excluding hydrogens is 473 g/mol. The van der Waals surface area contributed by atoms with Gasteiger partial charge < -0.3 is 10.2 Å². The van der Waals surface area contributed by atoms with Gasteiger partial charge in [-0.1, -0.05) is 54.6 Å². The number of fused-ring (bicyclic) bond motifs is 1. The van der Waals surface area contributed by atoms with Crippen molar-refractivity contribution >= 4 is 23.6 Å². The highest BCUT2D eigenvalue weighted by Gasteiger charge is 2.35. The Bertz CT molecular complexity index is 1260. The van der Waals surface area contributed by atoms with Crippen LogP contribution in [0.4, 0.5) is 4.39 Å². The molecule has 1 aliphatic rings. The molecule has 3 aromatic carbocycles. The summed E-state index contributed by atoms with van der Waals surface area (Å²) in [6.45, 7) is 0.197. The number of nitrogens with zero attached hydrogens (tertiary/aromatic N) is 2. The van der Waals surface area contributed by atoms with Crippen LogP contribution >= 0.6 is 0 Å². The maximum Gasteiger partial charge on any atom is 0.261 e. The third-order valence-electron chi connectivity index (χ3n) is 6.43. The van der Waals surface area contributed by atoms with E-state index >= 15 is 0 Å². The van der Waals surface area contributed by atoms with Crippen molar-refractivity contribution in [3.8, 4) is 0 Å². The van der Waals surface area contributed by atoms with Gasteiger partial charge in [-0.05, 0) is 41.8 Å². The average Bonchev–Trinajstić information content (AvgIpc) is 3.16. The second-order valence-corrected chi connectivity index (χ2v) is 8.88. The van der Waals surface area contributed by atoms with Gasteiger partial charge in [0.15, 0.2) is 0 Å². The normalized spacial score (nSPS) is 13.3. The van der Waals surface area contributed by atoms with Crippen LogP contribution in [0.5, 0.6) is 0 Å². The molecule has 3 aromatic rings. The van der Waals surface area contributed by atoms with Crippen LogP contribution in [0, 0.1) is 5.82 Å². The Hall–Kier alpha value is -4.33. The van der Waals surface area contributed by atoms with Crippen molar-refractivity contribution in [2.45, 2.75) is 31.8 Å². The number of hydrogen-bond donors (Lipinski definition) is 1. The molecule has 0 spiro atoms. The van der Waals surface area contributed by atoms with E-state index in [2.05, 4.69) is 5.32 Å². The average molecular weight is 502 g/mol. The topological polar surface area (TPSA) is 86.8 Å².